The Labute approximate surface area is 125 Å². The number of hydrogen-bond acceptors (Lipinski definition) is 4. The van der Waals surface area contributed by atoms with Gasteiger partial charge in [-0.15, -0.1) is 0 Å². The van der Waals surface area contributed by atoms with E-state index >= 15 is 0 Å². The van der Waals surface area contributed by atoms with E-state index < -0.39 is 0 Å². The highest BCUT2D eigenvalue weighted by molar-refractivity contribution is 6.01. The van der Waals surface area contributed by atoms with Crippen molar-refractivity contribution in [2.24, 2.45) is 0 Å². The molecule has 0 bridgehead atoms. The van der Waals surface area contributed by atoms with Crippen LogP contribution in [0.3, 0.4) is 0 Å². The second-order valence-electron chi connectivity index (χ2n) is 5.48. The van der Waals surface area contributed by atoms with Crippen molar-refractivity contribution in [2.75, 3.05) is 0 Å². The maximum Gasteiger partial charge on any atom is 0.170 e. The smallest absolute Gasteiger partial charge is 0.170 e. The number of benzene rings is 1. The van der Waals surface area contributed by atoms with Gasteiger partial charge in [-0.2, -0.15) is 0 Å². The first kappa shape index (κ1) is 17.1. The first-order valence-electron chi connectivity index (χ1n) is 7.31. The van der Waals surface area contributed by atoms with E-state index in [9.17, 15) is 20.1 Å². The fourth-order valence-electron chi connectivity index (χ4n) is 2.13. The van der Waals surface area contributed by atoms with Crippen molar-refractivity contribution in [1.82, 2.24) is 0 Å². The first-order chi connectivity index (χ1) is 9.88. The number of unbranched alkanes of at least 4 members (excludes halogenated alkanes) is 2. The molecule has 0 aliphatic heterocycles. The van der Waals surface area contributed by atoms with Crippen LogP contribution in [-0.4, -0.2) is 21.1 Å². The average Bonchev–Trinajstić information content (AvgIpc) is 2.37. The lowest BCUT2D eigenvalue weighted by Gasteiger charge is -2.12. The van der Waals surface area contributed by atoms with Crippen molar-refractivity contribution in [2.45, 2.75) is 52.9 Å². The predicted octanol–water partition coefficient (Wildman–Crippen LogP) is 4.08. The van der Waals surface area contributed by atoms with Crippen LogP contribution in [-0.2, 0) is 6.42 Å². The highest BCUT2D eigenvalue weighted by atomic mass is 16.3. The molecule has 0 atom stereocenters. The number of phenolic OH excluding ortho intramolecular Hbond substituents is 3. The number of hydrogen-bond donors (Lipinski definition) is 3. The maximum atomic E-state index is 12.1. The summed E-state index contributed by atoms with van der Waals surface area (Å²) in [6.45, 7) is 5.86. The minimum atomic E-state index is -0.368. The SMILES string of the molecule is CCCCCC(=O)c1c(O)cc(O)c(CC=C(C)C)c1O. The molecule has 4 heteroatoms. The summed E-state index contributed by atoms with van der Waals surface area (Å²) in [7, 11) is 0. The Bertz CT molecular complexity index is 540. The molecule has 116 valence electrons. The second-order valence-corrected chi connectivity index (χ2v) is 5.48. The van der Waals surface area contributed by atoms with Crippen LogP contribution in [0.15, 0.2) is 17.7 Å². The molecule has 1 aromatic carbocycles. The van der Waals surface area contributed by atoms with E-state index in [1.165, 1.54) is 0 Å². The summed E-state index contributed by atoms with van der Waals surface area (Å²) in [4.78, 5) is 12.1. The van der Waals surface area contributed by atoms with Gasteiger partial charge in [0.05, 0.1) is 0 Å². The number of carbonyl (C=O) groups excluding carboxylic acids is 1. The Balaban J connectivity index is 3.11. The Hall–Kier alpha value is -1.97. The topological polar surface area (TPSA) is 77.8 Å². The van der Waals surface area contributed by atoms with Gasteiger partial charge in [-0.05, 0) is 26.7 Å². The molecule has 0 saturated carbocycles. The van der Waals surface area contributed by atoms with Crippen LogP contribution < -0.4 is 0 Å². The predicted molar refractivity (Wildman–Crippen MR) is 83.0 cm³/mol. The van der Waals surface area contributed by atoms with Crippen LogP contribution >= 0.6 is 0 Å². The molecule has 3 N–H and O–H groups in total. The summed E-state index contributed by atoms with van der Waals surface area (Å²) in [6.07, 6.45) is 5.08. The van der Waals surface area contributed by atoms with Crippen molar-refractivity contribution < 1.29 is 20.1 Å². The van der Waals surface area contributed by atoms with Gasteiger partial charge in [0.1, 0.15) is 22.8 Å². The van der Waals surface area contributed by atoms with Crippen molar-refractivity contribution >= 4 is 5.78 Å². The minimum Gasteiger partial charge on any atom is -0.507 e. The molecule has 1 aromatic rings. The minimum absolute atomic E-state index is 0.0824. The largest absolute Gasteiger partial charge is 0.507 e. The van der Waals surface area contributed by atoms with Gasteiger partial charge < -0.3 is 15.3 Å². The summed E-state index contributed by atoms with van der Waals surface area (Å²) in [5.74, 6) is -1.18. The van der Waals surface area contributed by atoms with Gasteiger partial charge in [-0.25, -0.2) is 0 Å². The molecular formula is C17H24O4. The summed E-state index contributed by atoms with van der Waals surface area (Å²) in [5.41, 5.74) is 1.23. The van der Waals surface area contributed by atoms with Gasteiger partial charge in [0, 0.05) is 18.1 Å². The number of phenols is 3. The number of rotatable bonds is 7. The van der Waals surface area contributed by atoms with Gasteiger partial charge >= 0.3 is 0 Å². The van der Waals surface area contributed by atoms with E-state index in [1.807, 2.05) is 26.8 Å². The summed E-state index contributed by atoms with van der Waals surface area (Å²) in [5, 5.41) is 29.9. The Kier molecular flexibility index (Phi) is 6.28. The lowest BCUT2D eigenvalue weighted by molar-refractivity contribution is 0.0973. The molecule has 4 nitrogen and oxygen atoms in total. The van der Waals surface area contributed by atoms with Crippen LogP contribution in [0, 0.1) is 0 Å². The van der Waals surface area contributed by atoms with Gasteiger partial charge in [-0.3, -0.25) is 4.79 Å². The number of aromatic hydroxyl groups is 3. The highest BCUT2D eigenvalue weighted by Crippen LogP contribution is 2.38. The summed E-state index contributed by atoms with van der Waals surface area (Å²) < 4.78 is 0. The zero-order chi connectivity index (χ0) is 16.0. The third-order valence-corrected chi connectivity index (χ3v) is 3.36. The zero-order valence-corrected chi connectivity index (χ0v) is 12.9. The number of Topliss-reactive ketones (excluding diaryl/α,β-unsaturated/α-hetero) is 1. The van der Waals surface area contributed by atoms with Gasteiger partial charge in [0.15, 0.2) is 5.78 Å². The van der Waals surface area contributed by atoms with Crippen molar-refractivity contribution in [3.63, 3.8) is 0 Å². The van der Waals surface area contributed by atoms with Crippen molar-refractivity contribution in [3.05, 3.63) is 28.8 Å². The molecule has 21 heavy (non-hydrogen) atoms. The molecule has 0 saturated heterocycles. The first-order valence-corrected chi connectivity index (χ1v) is 7.31. The van der Waals surface area contributed by atoms with Crippen LogP contribution in [0.2, 0.25) is 0 Å². The molecule has 0 aliphatic rings. The van der Waals surface area contributed by atoms with E-state index in [4.69, 9.17) is 0 Å². The fourth-order valence-corrected chi connectivity index (χ4v) is 2.13. The van der Waals surface area contributed by atoms with Gasteiger partial charge in [0.2, 0.25) is 0 Å². The highest BCUT2D eigenvalue weighted by Gasteiger charge is 2.21. The summed E-state index contributed by atoms with van der Waals surface area (Å²) >= 11 is 0. The van der Waals surface area contributed by atoms with Crippen LogP contribution in [0.4, 0.5) is 0 Å². The van der Waals surface area contributed by atoms with Crippen molar-refractivity contribution in [3.8, 4) is 17.2 Å². The van der Waals surface area contributed by atoms with Crippen LogP contribution in [0.1, 0.15) is 62.4 Å². The number of allylic oxidation sites excluding steroid dienone is 2. The zero-order valence-electron chi connectivity index (χ0n) is 12.9. The van der Waals surface area contributed by atoms with E-state index in [0.717, 1.165) is 30.9 Å². The molecule has 0 spiro atoms. The average molecular weight is 292 g/mol. The molecule has 0 amide bonds. The molecule has 0 aliphatic carbocycles. The molecule has 0 fully saturated rings. The fraction of sp³-hybridized carbons (Fsp3) is 0.471. The van der Waals surface area contributed by atoms with Crippen molar-refractivity contribution in [1.29, 1.82) is 0 Å². The van der Waals surface area contributed by atoms with Crippen LogP contribution in [0.25, 0.3) is 0 Å². The second kappa shape index (κ2) is 7.72. The Morgan fingerprint density at radius 2 is 1.81 bits per heavy atom. The third-order valence-electron chi connectivity index (χ3n) is 3.36. The van der Waals surface area contributed by atoms with Crippen LogP contribution in [0.5, 0.6) is 17.2 Å². The number of ketones is 1. The lowest BCUT2D eigenvalue weighted by atomic mass is 9.97. The van der Waals surface area contributed by atoms with E-state index in [0.29, 0.717) is 6.42 Å². The normalized spacial score (nSPS) is 10.4. The third kappa shape index (κ3) is 4.52. The molecule has 1 rings (SSSR count). The Morgan fingerprint density at radius 1 is 1.14 bits per heavy atom. The van der Waals surface area contributed by atoms with Gasteiger partial charge in [0.25, 0.3) is 0 Å². The molecule has 0 unspecified atom stereocenters. The standard InChI is InChI=1S/C17H24O4/c1-4-5-6-7-13(18)16-15(20)10-14(19)12(17(16)21)9-8-11(2)3/h8,10,19-21H,4-7,9H2,1-3H3. The number of carbonyl (C=O) groups is 1. The Morgan fingerprint density at radius 3 is 2.38 bits per heavy atom. The van der Waals surface area contributed by atoms with E-state index in [-0.39, 0.29) is 40.6 Å². The maximum absolute atomic E-state index is 12.1. The molecule has 0 radical (unpaired) electrons. The molecule has 0 aromatic heterocycles. The lowest BCUT2D eigenvalue weighted by Crippen LogP contribution is -2.02. The molecule has 0 heterocycles. The molecular weight excluding hydrogens is 268 g/mol. The quantitative estimate of drug-likeness (QED) is 0.402. The van der Waals surface area contributed by atoms with E-state index in [1.54, 1.807) is 0 Å². The monoisotopic (exact) mass is 292 g/mol. The summed E-state index contributed by atoms with van der Waals surface area (Å²) in [6, 6.07) is 1.13. The van der Waals surface area contributed by atoms with Gasteiger partial charge in [-0.1, -0.05) is 31.4 Å². The van der Waals surface area contributed by atoms with E-state index in [2.05, 4.69) is 0 Å².